The van der Waals surface area contributed by atoms with Crippen LogP contribution in [0, 0.1) is 3.57 Å². The summed E-state index contributed by atoms with van der Waals surface area (Å²) in [6.45, 7) is 3.13. The van der Waals surface area contributed by atoms with Gasteiger partial charge in [0.15, 0.2) is 0 Å². The van der Waals surface area contributed by atoms with Crippen molar-refractivity contribution in [2.24, 2.45) is 0 Å². The van der Waals surface area contributed by atoms with Gasteiger partial charge in [-0.3, -0.25) is 13.9 Å². The largest absolute Gasteiger partial charge is 0.352 e. The van der Waals surface area contributed by atoms with Gasteiger partial charge in [-0.1, -0.05) is 77.8 Å². The van der Waals surface area contributed by atoms with Crippen LogP contribution in [0.3, 0.4) is 0 Å². The minimum atomic E-state index is -4.16. The third-order valence-electron chi connectivity index (χ3n) is 6.76. The molecule has 11 heteroatoms. The van der Waals surface area contributed by atoms with Gasteiger partial charge in [-0.25, -0.2) is 8.42 Å². The summed E-state index contributed by atoms with van der Waals surface area (Å²) in [6.07, 6.45) is 0.210. The molecule has 7 nitrogen and oxygen atoms in total. The minimum Gasteiger partial charge on any atom is -0.352 e. The predicted molar refractivity (Wildman–Crippen MR) is 184 cm³/mol. The molecular formula is C33H32Cl2IN3O4S. The quantitative estimate of drug-likeness (QED) is 0.158. The molecule has 0 bridgehead atoms. The van der Waals surface area contributed by atoms with Crippen LogP contribution >= 0.6 is 45.8 Å². The molecule has 4 aromatic rings. The van der Waals surface area contributed by atoms with Gasteiger partial charge in [0, 0.05) is 22.6 Å². The zero-order chi connectivity index (χ0) is 31.9. The van der Waals surface area contributed by atoms with Crippen LogP contribution in [0.15, 0.2) is 108 Å². The van der Waals surface area contributed by atoms with E-state index in [1.807, 2.05) is 44.2 Å². The van der Waals surface area contributed by atoms with Gasteiger partial charge in [0.2, 0.25) is 11.8 Å². The van der Waals surface area contributed by atoms with Crippen molar-refractivity contribution in [1.82, 2.24) is 10.2 Å². The molecule has 0 aromatic heterocycles. The first-order valence-corrected chi connectivity index (χ1v) is 17.1. The zero-order valence-electron chi connectivity index (χ0n) is 24.2. The highest BCUT2D eigenvalue weighted by Crippen LogP contribution is 2.27. The first-order chi connectivity index (χ1) is 21.0. The fraction of sp³-hybridized carbons (Fsp3) is 0.212. The second-order valence-electron chi connectivity index (χ2n) is 10.4. The lowest BCUT2D eigenvalue weighted by molar-refractivity contribution is -0.140. The minimum absolute atomic E-state index is 0.00928. The lowest BCUT2D eigenvalue weighted by Crippen LogP contribution is -2.54. The molecule has 0 radical (unpaired) electrons. The molecular weight excluding hydrogens is 732 g/mol. The molecule has 0 spiro atoms. The van der Waals surface area contributed by atoms with Crippen molar-refractivity contribution in [1.29, 1.82) is 0 Å². The van der Waals surface area contributed by atoms with Crippen molar-refractivity contribution in [2.75, 3.05) is 10.8 Å². The molecule has 0 unspecified atom stereocenters. The van der Waals surface area contributed by atoms with E-state index in [2.05, 4.69) is 27.9 Å². The molecule has 4 aromatic carbocycles. The molecule has 1 atom stereocenters. The Kier molecular flexibility index (Phi) is 11.7. The SMILES string of the molecule is CC(C)NC(=O)[C@H](Cc1ccccc1)N(Cc1ccc(Cl)c(Cl)c1)C(=O)CN(c1ccc(I)cc1)S(=O)(=O)c1ccccc1. The Morgan fingerprint density at radius 2 is 1.43 bits per heavy atom. The van der Waals surface area contributed by atoms with Crippen LogP contribution in [0.5, 0.6) is 0 Å². The van der Waals surface area contributed by atoms with Crippen molar-refractivity contribution in [2.45, 2.75) is 43.8 Å². The fourth-order valence-electron chi connectivity index (χ4n) is 4.63. The second-order valence-corrected chi connectivity index (χ2v) is 14.4. The Labute approximate surface area is 282 Å². The van der Waals surface area contributed by atoms with Crippen LogP contribution in [-0.4, -0.2) is 43.8 Å². The third-order valence-corrected chi connectivity index (χ3v) is 10.0. The van der Waals surface area contributed by atoms with Gasteiger partial charge in [-0.15, -0.1) is 0 Å². The van der Waals surface area contributed by atoms with Gasteiger partial charge in [-0.2, -0.15) is 0 Å². The van der Waals surface area contributed by atoms with E-state index in [0.29, 0.717) is 21.3 Å². The van der Waals surface area contributed by atoms with Gasteiger partial charge in [-0.05, 0) is 96.1 Å². The highest BCUT2D eigenvalue weighted by Gasteiger charge is 2.34. The summed E-state index contributed by atoms with van der Waals surface area (Å²) >= 11 is 14.6. The average molecular weight is 765 g/mol. The van der Waals surface area contributed by atoms with Crippen molar-refractivity contribution < 1.29 is 18.0 Å². The molecule has 4 rings (SSSR count). The van der Waals surface area contributed by atoms with E-state index in [1.165, 1.54) is 17.0 Å². The van der Waals surface area contributed by atoms with Crippen LogP contribution in [0.2, 0.25) is 10.0 Å². The molecule has 0 fully saturated rings. The molecule has 1 N–H and O–H groups in total. The number of nitrogens with one attached hydrogen (secondary N) is 1. The number of hydrogen-bond acceptors (Lipinski definition) is 4. The number of anilines is 1. The topological polar surface area (TPSA) is 86.8 Å². The van der Waals surface area contributed by atoms with E-state index < -0.39 is 28.5 Å². The highest BCUT2D eigenvalue weighted by atomic mass is 127. The molecule has 0 aliphatic heterocycles. The summed E-state index contributed by atoms with van der Waals surface area (Å²) < 4.78 is 30.0. The van der Waals surface area contributed by atoms with Gasteiger partial charge >= 0.3 is 0 Å². The number of benzene rings is 4. The van der Waals surface area contributed by atoms with E-state index in [1.54, 1.807) is 60.7 Å². The van der Waals surface area contributed by atoms with Crippen LogP contribution in [0.4, 0.5) is 5.69 Å². The number of carbonyl (C=O) groups is 2. The van der Waals surface area contributed by atoms with Crippen LogP contribution in [0.25, 0.3) is 0 Å². The number of amides is 2. The van der Waals surface area contributed by atoms with Gasteiger partial charge in [0.1, 0.15) is 12.6 Å². The summed E-state index contributed by atoms with van der Waals surface area (Å²) in [4.78, 5) is 29.6. The predicted octanol–water partition coefficient (Wildman–Crippen LogP) is 6.96. The number of hydrogen-bond donors (Lipinski definition) is 1. The summed E-state index contributed by atoms with van der Waals surface area (Å²) in [5, 5.41) is 3.59. The molecule has 0 saturated carbocycles. The van der Waals surface area contributed by atoms with Crippen molar-refractivity contribution in [3.05, 3.63) is 128 Å². The Morgan fingerprint density at radius 3 is 2.02 bits per heavy atom. The first kappa shape index (κ1) is 33.8. The van der Waals surface area contributed by atoms with Gasteiger partial charge in [0.25, 0.3) is 10.0 Å². The summed E-state index contributed by atoms with van der Waals surface area (Å²) in [6, 6.07) is 28.0. The van der Waals surface area contributed by atoms with E-state index in [-0.39, 0.29) is 29.8 Å². The molecule has 0 aliphatic carbocycles. The van der Waals surface area contributed by atoms with Crippen LogP contribution in [-0.2, 0) is 32.6 Å². The standard InChI is InChI=1S/C33H32Cl2IN3O4S/c1-23(2)37-33(41)31(20-24-9-5-3-6-10-24)38(21-25-13-18-29(34)30(35)19-25)32(40)22-39(27-16-14-26(36)15-17-27)44(42,43)28-11-7-4-8-12-28/h3-19,23,31H,20-22H2,1-2H3,(H,37,41)/t31-/m0/s1. The lowest BCUT2D eigenvalue weighted by atomic mass is 10.0. The maximum atomic E-state index is 14.4. The first-order valence-electron chi connectivity index (χ1n) is 13.9. The fourth-order valence-corrected chi connectivity index (χ4v) is 6.74. The maximum Gasteiger partial charge on any atom is 0.264 e. The summed E-state index contributed by atoms with van der Waals surface area (Å²) in [7, 11) is -4.16. The second kappa shape index (κ2) is 15.2. The highest BCUT2D eigenvalue weighted by molar-refractivity contribution is 14.1. The molecule has 0 saturated heterocycles. The lowest BCUT2D eigenvalue weighted by Gasteiger charge is -2.34. The molecule has 44 heavy (non-hydrogen) atoms. The third kappa shape index (κ3) is 8.74. The molecule has 230 valence electrons. The Balaban J connectivity index is 1.81. The van der Waals surface area contributed by atoms with Crippen molar-refractivity contribution in [3.63, 3.8) is 0 Å². The van der Waals surface area contributed by atoms with Crippen molar-refractivity contribution in [3.8, 4) is 0 Å². The van der Waals surface area contributed by atoms with Crippen LogP contribution < -0.4 is 9.62 Å². The molecule has 0 heterocycles. The number of nitrogens with zero attached hydrogens (tertiary/aromatic N) is 2. The molecule has 2 amide bonds. The Hall–Kier alpha value is -3.12. The monoisotopic (exact) mass is 763 g/mol. The zero-order valence-corrected chi connectivity index (χ0v) is 28.6. The van der Waals surface area contributed by atoms with E-state index >= 15 is 0 Å². The number of halogens is 3. The summed E-state index contributed by atoms with van der Waals surface area (Å²) in [5.41, 5.74) is 1.80. The summed E-state index contributed by atoms with van der Waals surface area (Å²) in [5.74, 6) is -0.919. The van der Waals surface area contributed by atoms with E-state index in [0.717, 1.165) is 13.4 Å². The number of rotatable bonds is 12. The average Bonchev–Trinajstić information content (AvgIpc) is 3.00. The van der Waals surface area contributed by atoms with E-state index in [4.69, 9.17) is 23.2 Å². The smallest absolute Gasteiger partial charge is 0.264 e. The van der Waals surface area contributed by atoms with Crippen molar-refractivity contribution >= 4 is 73.3 Å². The maximum absolute atomic E-state index is 14.4. The molecule has 0 aliphatic rings. The number of carbonyl (C=O) groups excluding carboxylic acids is 2. The van der Waals surface area contributed by atoms with Gasteiger partial charge in [0.05, 0.1) is 20.6 Å². The normalized spacial score (nSPS) is 12.0. The van der Waals surface area contributed by atoms with Gasteiger partial charge < -0.3 is 10.2 Å². The Morgan fingerprint density at radius 1 is 0.818 bits per heavy atom. The van der Waals surface area contributed by atoms with E-state index in [9.17, 15) is 18.0 Å². The Bertz CT molecular complexity index is 1690. The van der Waals surface area contributed by atoms with Crippen LogP contribution in [0.1, 0.15) is 25.0 Å². The number of sulfonamides is 1.